The van der Waals surface area contributed by atoms with Gasteiger partial charge in [-0.2, -0.15) is 0 Å². The van der Waals surface area contributed by atoms with Crippen LogP contribution in [0.3, 0.4) is 0 Å². The molecule has 2 N–H and O–H groups in total. The molecule has 1 aromatic heterocycles. The zero-order valence-electron chi connectivity index (χ0n) is 14.9. The Bertz CT molecular complexity index is 707. The number of guanidine groups is 1. The molecule has 0 aliphatic heterocycles. The van der Waals surface area contributed by atoms with Crippen molar-refractivity contribution in [2.24, 2.45) is 4.99 Å². The van der Waals surface area contributed by atoms with Crippen molar-refractivity contribution in [3.05, 3.63) is 59.0 Å². The lowest BCUT2D eigenvalue weighted by atomic mass is 10.2. The summed E-state index contributed by atoms with van der Waals surface area (Å²) in [7, 11) is 1.91. The van der Waals surface area contributed by atoms with Crippen molar-refractivity contribution in [3.8, 4) is 0 Å². The molecule has 0 unspecified atom stereocenters. The topological polar surface area (TPSA) is 69.9 Å². The quantitative estimate of drug-likeness (QED) is 0.355. The lowest BCUT2D eigenvalue weighted by Crippen LogP contribution is -2.39. The summed E-state index contributed by atoms with van der Waals surface area (Å²) < 4.78 is 5.18. The van der Waals surface area contributed by atoms with E-state index in [0.29, 0.717) is 36.4 Å². The van der Waals surface area contributed by atoms with Crippen LogP contribution in [-0.4, -0.2) is 36.9 Å². The van der Waals surface area contributed by atoms with Crippen molar-refractivity contribution in [1.82, 2.24) is 15.5 Å². The molecule has 142 valence electrons. The minimum absolute atomic E-state index is 0. The summed E-state index contributed by atoms with van der Waals surface area (Å²) in [5.41, 5.74) is 1.000. The third-order valence-corrected chi connectivity index (χ3v) is 3.84. The van der Waals surface area contributed by atoms with Gasteiger partial charge in [0.2, 0.25) is 5.91 Å². The first kappa shape index (κ1) is 22.3. The van der Waals surface area contributed by atoms with Crippen LogP contribution in [0.15, 0.2) is 52.1 Å². The molecule has 0 fully saturated rings. The van der Waals surface area contributed by atoms with Gasteiger partial charge in [-0.1, -0.05) is 29.8 Å². The predicted octanol–water partition coefficient (Wildman–Crippen LogP) is 3.26. The fraction of sp³-hybridized carbons (Fsp3) is 0.333. The van der Waals surface area contributed by atoms with E-state index in [1.165, 1.54) is 0 Å². The van der Waals surface area contributed by atoms with Crippen LogP contribution in [0, 0.1) is 0 Å². The van der Waals surface area contributed by atoms with Crippen LogP contribution in [0.4, 0.5) is 0 Å². The Labute approximate surface area is 176 Å². The Hall–Kier alpha value is -1.74. The van der Waals surface area contributed by atoms with E-state index >= 15 is 0 Å². The van der Waals surface area contributed by atoms with E-state index in [2.05, 4.69) is 15.6 Å². The molecule has 0 saturated heterocycles. The normalized spacial score (nSPS) is 10.8. The van der Waals surface area contributed by atoms with Crippen LogP contribution < -0.4 is 10.6 Å². The highest BCUT2D eigenvalue weighted by atomic mass is 127. The first-order valence-electron chi connectivity index (χ1n) is 8.12. The zero-order valence-corrected chi connectivity index (χ0v) is 18.0. The summed E-state index contributed by atoms with van der Waals surface area (Å²) in [6.45, 7) is 3.68. The molecule has 0 aliphatic carbocycles. The highest BCUT2D eigenvalue weighted by Crippen LogP contribution is 2.16. The summed E-state index contributed by atoms with van der Waals surface area (Å²) in [5, 5.41) is 6.66. The maximum Gasteiger partial charge on any atom is 0.242 e. The second-order valence-electron chi connectivity index (χ2n) is 5.47. The Kier molecular flexibility index (Phi) is 10.1. The van der Waals surface area contributed by atoms with Crippen LogP contribution in [0.1, 0.15) is 18.2 Å². The van der Waals surface area contributed by atoms with Crippen molar-refractivity contribution in [2.75, 3.05) is 20.1 Å². The van der Waals surface area contributed by atoms with Crippen molar-refractivity contribution in [3.63, 3.8) is 0 Å². The third-order valence-electron chi connectivity index (χ3n) is 3.47. The number of nitrogens with one attached hydrogen (secondary N) is 2. The van der Waals surface area contributed by atoms with E-state index < -0.39 is 0 Å². The lowest BCUT2D eigenvalue weighted by molar-refractivity contribution is -0.119. The minimum Gasteiger partial charge on any atom is -0.467 e. The number of aliphatic imine (C=N–C) groups is 1. The molecule has 0 aliphatic rings. The Morgan fingerprint density at radius 2 is 2.00 bits per heavy atom. The molecule has 2 rings (SSSR count). The molecule has 26 heavy (non-hydrogen) atoms. The number of furan rings is 1. The number of hydrogen-bond acceptors (Lipinski definition) is 3. The number of benzene rings is 1. The summed E-state index contributed by atoms with van der Waals surface area (Å²) in [6, 6.07) is 11.3. The summed E-state index contributed by atoms with van der Waals surface area (Å²) in [6.07, 6.45) is 1.58. The van der Waals surface area contributed by atoms with E-state index in [1.54, 1.807) is 12.3 Å². The van der Waals surface area contributed by atoms with Crippen LogP contribution in [0.25, 0.3) is 0 Å². The van der Waals surface area contributed by atoms with Gasteiger partial charge in [0.15, 0.2) is 5.96 Å². The molecule has 0 radical (unpaired) electrons. The van der Waals surface area contributed by atoms with Gasteiger partial charge in [-0.05, 0) is 30.7 Å². The molecular formula is C18H24ClIN4O2. The molecule has 1 aromatic carbocycles. The van der Waals surface area contributed by atoms with Gasteiger partial charge in [0.25, 0.3) is 0 Å². The van der Waals surface area contributed by atoms with Crippen LogP contribution >= 0.6 is 35.6 Å². The molecule has 0 spiro atoms. The van der Waals surface area contributed by atoms with Crippen molar-refractivity contribution in [2.45, 2.75) is 20.0 Å². The number of nitrogens with zero attached hydrogens (tertiary/aromatic N) is 2. The predicted molar refractivity (Wildman–Crippen MR) is 115 cm³/mol. The maximum atomic E-state index is 12.0. The van der Waals surface area contributed by atoms with Crippen LogP contribution in [0.5, 0.6) is 0 Å². The number of carbonyl (C=O) groups is 1. The van der Waals surface area contributed by atoms with E-state index in [-0.39, 0.29) is 36.4 Å². The summed E-state index contributed by atoms with van der Waals surface area (Å²) in [5.74, 6) is 1.19. The fourth-order valence-electron chi connectivity index (χ4n) is 2.23. The molecule has 0 bridgehead atoms. The summed E-state index contributed by atoms with van der Waals surface area (Å²) >= 11 is 6.21. The van der Waals surface area contributed by atoms with Crippen molar-refractivity contribution >= 4 is 47.4 Å². The number of hydrogen-bond donors (Lipinski definition) is 2. The standard InChI is InChI=1S/C18H23ClN4O2.HI/c1-3-20-18(23(2)13-14-7-4-5-9-16(14)19)22-12-17(24)21-11-15-8-6-10-25-15;/h4-10H,3,11-13H2,1-2H3,(H,20,22)(H,21,24);1H. The number of carbonyl (C=O) groups excluding carboxylic acids is 1. The average molecular weight is 491 g/mol. The SMILES string of the molecule is CCNC(=NCC(=O)NCc1ccco1)N(C)Cc1ccccc1Cl.I. The Balaban J connectivity index is 0.00000338. The monoisotopic (exact) mass is 490 g/mol. The zero-order chi connectivity index (χ0) is 18.1. The van der Waals surface area contributed by atoms with Gasteiger partial charge in [0.1, 0.15) is 12.3 Å². The van der Waals surface area contributed by atoms with E-state index in [9.17, 15) is 4.79 Å². The summed E-state index contributed by atoms with van der Waals surface area (Å²) in [4.78, 5) is 18.3. The number of rotatable bonds is 7. The molecule has 1 heterocycles. The maximum absolute atomic E-state index is 12.0. The largest absolute Gasteiger partial charge is 0.467 e. The highest BCUT2D eigenvalue weighted by Gasteiger charge is 2.10. The lowest BCUT2D eigenvalue weighted by Gasteiger charge is -2.22. The van der Waals surface area contributed by atoms with E-state index in [4.69, 9.17) is 16.0 Å². The molecule has 0 atom stereocenters. The van der Waals surface area contributed by atoms with Gasteiger partial charge >= 0.3 is 0 Å². The van der Waals surface area contributed by atoms with Gasteiger partial charge in [-0.25, -0.2) is 4.99 Å². The minimum atomic E-state index is -0.169. The van der Waals surface area contributed by atoms with Gasteiger partial charge < -0.3 is 20.0 Å². The molecule has 8 heteroatoms. The Morgan fingerprint density at radius 3 is 2.65 bits per heavy atom. The molecule has 0 saturated carbocycles. The fourth-order valence-corrected chi connectivity index (χ4v) is 2.42. The van der Waals surface area contributed by atoms with Gasteiger partial charge in [-0.15, -0.1) is 24.0 Å². The first-order chi connectivity index (χ1) is 12.1. The second kappa shape index (κ2) is 11.8. The van der Waals surface area contributed by atoms with E-state index in [0.717, 1.165) is 5.56 Å². The van der Waals surface area contributed by atoms with Crippen molar-refractivity contribution in [1.29, 1.82) is 0 Å². The number of amides is 1. The molecular weight excluding hydrogens is 467 g/mol. The second-order valence-corrected chi connectivity index (χ2v) is 5.88. The molecule has 1 amide bonds. The van der Waals surface area contributed by atoms with Gasteiger partial charge in [0.05, 0.1) is 12.8 Å². The molecule has 2 aromatic rings. The molecule has 6 nitrogen and oxygen atoms in total. The van der Waals surface area contributed by atoms with Gasteiger partial charge in [-0.3, -0.25) is 4.79 Å². The first-order valence-corrected chi connectivity index (χ1v) is 8.50. The Morgan fingerprint density at radius 1 is 1.23 bits per heavy atom. The van der Waals surface area contributed by atoms with Crippen LogP contribution in [0.2, 0.25) is 5.02 Å². The van der Waals surface area contributed by atoms with Crippen LogP contribution in [-0.2, 0) is 17.9 Å². The highest BCUT2D eigenvalue weighted by molar-refractivity contribution is 14.0. The average Bonchev–Trinajstić information content (AvgIpc) is 3.12. The van der Waals surface area contributed by atoms with E-state index in [1.807, 2.05) is 49.2 Å². The third kappa shape index (κ3) is 7.25. The smallest absolute Gasteiger partial charge is 0.242 e. The van der Waals surface area contributed by atoms with Crippen molar-refractivity contribution < 1.29 is 9.21 Å². The number of halogens is 2. The van der Waals surface area contributed by atoms with Gasteiger partial charge in [0, 0.05) is 25.2 Å².